The summed E-state index contributed by atoms with van der Waals surface area (Å²) in [6.07, 6.45) is 1.64. The molecule has 112 valence electrons. The van der Waals surface area contributed by atoms with Crippen molar-refractivity contribution in [3.05, 3.63) is 59.4 Å². The summed E-state index contributed by atoms with van der Waals surface area (Å²) in [6, 6.07) is 6.92. The largest absolute Gasteiger partial charge is 0.495 e. The summed E-state index contributed by atoms with van der Waals surface area (Å²) in [5.74, 6) is -0.154. The molecule has 2 aromatic rings. The standard InChI is InChI=1S/C16H18F2N2O/c1-11(15-8-12(17)4-7-16(15)18)20(2)10-13-5-6-14(21-3)9-19-13/h4-9,11H,10H2,1-3H3/t11-/m0/s1. The van der Waals surface area contributed by atoms with Crippen molar-refractivity contribution in [3.63, 3.8) is 0 Å². The third kappa shape index (κ3) is 3.76. The minimum atomic E-state index is -0.436. The number of nitrogens with zero attached hydrogens (tertiary/aromatic N) is 2. The SMILES string of the molecule is COc1ccc(CN(C)[C@@H](C)c2cc(F)ccc2F)nc1. The van der Waals surface area contributed by atoms with E-state index in [0.29, 0.717) is 17.9 Å². The Hall–Kier alpha value is -2.01. The fourth-order valence-electron chi connectivity index (χ4n) is 2.09. The van der Waals surface area contributed by atoms with Crippen LogP contribution in [-0.4, -0.2) is 24.0 Å². The Bertz CT molecular complexity index is 602. The van der Waals surface area contributed by atoms with Gasteiger partial charge in [-0.2, -0.15) is 0 Å². The van der Waals surface area contributed by atoms with Crippen molar-refractivity contribution in [2.45, 2.75) is 19.5 Å². The lowest BCUT2D eigenvalue weighted by Gasteiger charge is -2.25. The quantitative estimate of drug-likeness (QED) is 0.842. The smallest absolute Gasteiger partial charge is 0.137 e. The van der Waals surface area contributed by atoms with Crippen molar-refractivity contribution in [2.75, 3.05) is 14.2 Å². The van der Waals surface area contributed by atoms with Gasteiger partial charge in [-0.1, -0.05) is 0 Å². The van der Waals surface area contributed by atoms with Crippen molar-refractivity contribution in [1.82, 2.24) is 9.88 Å². The summed E-state index contributed by atoms with van der Waals surface area (Å²) in [6.45, 7) is 2.36. The van der Waals surface area contributed by atoms with Crippen molar-refractivity contribution >= 4 is 0 Å². The summed E-state index contributed by atoms with van der Waals surface area (Å²) in [7, 11) is 3.43. The van der Waals surface area contributed by atoms with Crippen LogP contribution in [0.25, 0.3) is 0 Å². The number of rotatable bonds is 5. The van der Waals surface area contributed by atoms with Crippen LogP contribution in [0.4, 0.5) is 8.78 Å². The van der Waals surface area contributed by atoms with E-state index in [1.165, 1.54) is 6.07 Å². The van der Waals surface area contributed by atoms with Crippen LogP contribution in [0.5, 0.6) is 5.75 Å². The van der Waals surface area contributed by atoms with Gasteiger partial charge in [0.05, 0.1) is 19.0 Å². The zero-order chi connectivity index (χ0) is 15.4. The average molecular weight is 292 g/mol. The van der Waals surface area contributed by atoms with Gasteiger partial charge in [-0.05, 0) is 44.3 Å². The second-order valence-electron chi connectivity index (χ2n) is 4.95. The van der Waals surface area contributed by atoms with E-state index in [1.807, 2.05) is 31.0 Å². The Morgan fingerprint density at radius 2 is 2.00 bits per heavy atom. The zero-order valence-electron chi connectivity index (χ0n) is 12.3. The molecule has 0 spiro atoms. The third-order valence-corrected chi connectivity index (χ3v) is 3.51. The summed E-state index contributed by atoms with van der Waals surface area (Å²) < 4.78 is 32.1. The number of aromatic nitrogens is 1. The first-order valence-electron chi connectivity index (χ1n) is 6.65. The van der Waals surface area contributed by atoms with Crippen LogP contribution in [-0.2, 0) is 6.54 Å². The molecular weight excluding hydrogens is 274 g/mol. The molecule has 0 aliphatic carbocycles. The summed E-state index contributed by atoms with van der Waals surface area (Å²) >= 11 is 0. The first-order chi connectivity index (χ1) is 10.0. The summed E-state index contributed by atoms with van der Waals surface area (Å²) in [5, 5.41) is 0. The van der Waals surface area contributed by atoms with Crippen LogP contribution in [0.2, 0.25) is 0 Å². The molecular formula is C16H18F2N2O. The van der Waals surface area contributed by atoms with Crippen molar-refractivity contribution in [3.8, 4) is 5.75 Å². The Morgan fingerprint density at radius 1 is 1.24 bits per heavy atom. The van der Waals surface area contributed by atoms with Crippen LogP contribution < -0.4 is 4.74 Å². The minimum absolute atomic E-state index is 0.260. The van der Waals surface area contributed by atoms with Crippen molar-refractivity contribution in [1.29, 1.82) is 0 Å². The van der Waals surface area contributed by atoms with E-state index in [1.54, 1.807) is 13.3 Å². The molecule has 5 heteroatoms. The molecule has 0 unspecified atom stereocenters. The number of methoxy groups -OCH3 is 1. The molecule has 0 fully saturated rings. The van der Waals surface area contributed by atoms with Crippen LogP contribution in [0.1, 0.15) is 24.2 Å². The van der Waals surface area contributed by atoms with Gasteiger partial charge in [-0.15, -0.1) is 0 Å². The fraction of sp³-hybridized carbons (Fsp3) is 0.312. The first kappa shape index (κ1) is 15.4. The van der Waals surface area contributed by atoms with Gasteiger partial charge in [-0.3, -0.25) is 9.88 Å². The van der Waals surface area contributed by atoms with E-state index in [2.05, 4.69) is 4.98 Å². The molecule has 0 aliphatic heterocycles. The van der Waals surface area contributed by atoms with Crippen molar-refractivity contribution in [2.24, 2.45) is 0 Å². The topological polar surface area (TPSA) is 25.4 Å². The molecule has 0 amide bonds. The van der Waals surface area contributed by atoms with Crippen LogP contribution >= 0.6 is 0 Å². The van der Waals surface area contributed by atoms with E-state index in [9.17, 15) is 8.78 Å². The second-order valence-corrected chi connectivity index (χ2v) is 4.95. The van der Waals surface area contributed by atoms with E-state index < -0.39 is 11.6 Å². The van der Waals surface area contributed by atoms with Gasteiger partial charge in [-0.25, -0.2) is 8.78 Å². The molecule has 2 rings (SSSR count). The number of benzene rings is 1. The van der Waals surface area contributed by atoms with Gasteiger partial charge in [0.1, 0.15) is 17.4 Å². The van der Waals surface area contributed by atoms with Crippen molar-refractivity contribution < 1.29 is 13.5 Å². The van der Waals surface area contributed by atoms with Gasteiger partial charge in [0, 0.05) is 18.2 Å². The molecule has 0 saturated heterocycles. The number of pyridine rings is 1. The maximum atomic E-state index is 13.8. The van der Waals surface area contributed by atoms with E-state index in [-0.39, 0.29) is 6.04 Å². The molecule has 3 nitrogen and oxygen atoms in total. The lowest BCUT2D eigenvalue weighted by molar-refractivity contribution is 0.244. The van der Waals surface area contributed by atoms with Gasteiger partial charge < -0.3 is 4.74 Å². The maximum Gasteiger partial charge on any atom is 0.137 e. The minimum Gasteiger partial charge on any atom is -0.495 e. The summed E-state index contributed by atoms with van der Waals surface area (Å²) in [5.41, 5.74) is 1.17. The predicted octanol–water partition coefficient (Wildman–Crippen LogP) is 3.56. The average Bonchev–Trinajstić information content (AvgIpc) is 2.49. The van der Waals surface area contributed by atoms with Crippen LogP contribution in [0.3, 0.4) is 0 Å². The molecule has 0 radical (unpaired) electrons. The fourth-order valence-corrected chi connectivity index (χ4v) is 2.09. The Kier molecular flexibility index (Phi) is 4.85. The number of hydrogen-bond acceptors (Lipinski definition) is 3. The lowest BCUT2D eigenvalue weighted by atomic mass is 10.1. The molecule has 1 aromatic heterocycles. The van der Waals surface area contributed by atoms with Gasteiger partial charge in [0.15, 0.2) is 0 Å². The highest BCUT2D eigenvalue weighted by Crippen LogP contribution is 2.24. The molecule has 0 N–H and O–H groups in total. The highest BCUT2D eigenvalue weighted by molar-refractivity contribution is 5.23. The van der Waals surface area contributed by atoms with E-state index in [0.717, 1.165) is 17.8 Å². The van der Waals surface area contributed by atoms with Gasteiger partial charge in [0.25, 0.3) is 0 Å². The molecule has 0 saturated carbocycles. The van der Waals surface area contributed by atoms with E-state index >= 15 is 0 Å². The normalized spacial score (nSPS) is 12.5. The molecule has 0 aliphatic rings. The number of hydrogen-bond donors (Lipinski definition) is 0. The molecule has 1 atom stereocenters. The molecule has 21 heavy (non-hydrogen) atoms. The maximum absolute atomic E-state index is 13.8. The zero-order valence-corrected chi connectivity index (χ0v) is 12.3. The third-order valence-electron chi connectivity index (χ3n) is 3.51. The highest BCUT2D eigenvalue weighted by Gasteiger charge is 2.17. The number of halogens is 2. The predicted molar refractivity (Wildman–Crippen MR) is 77.0 cm³/mol. The van der Waals surface area contributed by atoms with E-state index in [4.69, 9.17) is 4.74 Å². The lowest BCUT2D eigenvalue weighted by Crippen LogP contribution is -2.23. The van der Waals surface area contributed by atoms with Gasteiger partial charge >= 0.3 is 0 Å². The molecule has 1 heterocycles. The molecule has 0 bridgehead atoms. The second kappa shape index (κ2) is 6.63. The Balaban J connectivity index is 2.11. The van der Waals surface area contributed by atoms with Gasteiger partial charge in [0.2, 0.25) is 0 Å². The first-order valence-corrected chi connectivity index (χ1v) is 6.65. The Labute approximate surface area is 123 Å². The number of ether oxygens (including phenoxy) is 1. The Morgan fingerprint density at radius 3 is 2.62 bits per heavy atom. The molecule has 1 aromatic carbocycles. The highest BCUT2D eigenvalue weighted by atomic mass is 19.1. The monoisotopic (exact) mass is 292 g/mol. The van der Waals surface area contributed by atoms with Crippen LogP contribution in [0.15, 0.2) is 36.5 Å². The van der Waals surface area contributed by atoms with Crippen LogP contribution in [0, 0.1) is 11.6 Å². The summed E-state index contributed by atoms with van der Waals surface area (Å²) in [4.78, 5) is 6.18.